The molecule has 0 aromatic heterocycles. The molecule has 0 aromatic rings. The van der Waals surface area contributed by atoms with Gasteiger partial charge in [-0.1, -0.05) is 6.92 Å². The average Bonchev–Trinajstić information content (AvgIpc) is 2.27. The first-order valence-corrected chi connectivity index (χ1v) is 5.33. The van der Waals surface area contributed by atoms with Gasteiger partial charge in [0, 0.05) is 25.2 Å². The van der Waals surface area contributed by atoms with E-state index < -0.39 is 0 Å². The molecule has 0 bridgehead atoms. The minimum atomic E-state index is 0.546. The zero-order valence-corrected chi connectivity index (χ0v) is 9.16. The van der Waals surface area contributed by atoms with Crippen molar-refractivity contribution in [3.05, 3.63) is 0 Å². The quantitative estimate of drug-likeness (QED) is 0.674. The molecule has 78 valence electrons. The SMILES string of the molecule is CCN1CC(CN)N(C)CCC1C. The summed E-state index contributed by atoms with van der Waals surface area (Å²) in [6.07, 6.45) is 1.26. The van der Waals surface area contributed by atoms with Gasteiger partial charge in [0.2, 0.25) is 0 Å². The Morgan fingerprint density at radius 1 is 1.46 bits per heavy atom. The van der Waals surface area contributed by atoms with Gasteiger partial charge in [-0.15, -0.1) is 0 Å². The van der Waals surface area contributed by atoms with Crippen molar-refractivity contribution >= 4 is 0 Å². The molecule has 0 aliphatic carbocycles. The van der Waals surface area contributed by atoms with E-state index in [9.17, 15) is 0 Å². The fourth-order valence-electron chi connectivity index (χ4n) is 2.04. The van der Waals surface area contributed by atoms with Gasteiger partial charge in [-0.05, 0) is 33.5 Å². The minimum absolute atomic E-state index is 0.546. The second-order valence-electron chi connectivity index (χ2n) is 4.10. The minimum Gasteiger partial charge on any atom is -0.329 e. The number of hydrogen-bond acceptors (Lipinski definition) is 3. The van der Waals surface area contributed by atoms with Crippen LogP contribution in [0, 0.1) is 0 Å². The van der Waals surface area contributed by atoms with Crippen LogP contribution < -0.4 is 5.73 Å². The van der Waals surface area contributed by atoms with Crippen molar-refractivity contribution in [2.24, 2.45) is 5.73 Å². The summed E-state index contributed by atoms with van der Waals surface area (Å²) < 4.78 is 0. The van der Waals surface area contributed by atoms with Crippen LogP contribution in [0.5, 0.6) is 0 Å². The molecule has 1 saturated heterocycles. The molecule has 13 heavy (non-hydrogen) atoms. The van der Waals surface area contributed by atoms with Gasteiger partial charge >= 0.3 is 0 Å². The number of hydrogen-bond donors (Lipinski definition) is 1. The zero-order chi connectivity index (χ0) is 9.84. The van der Waals surface area contributed by atoms with Crippen LogP contribution in [0.3, 0.4) is 0 Å². The Labute approximate surface area is 81.9 Å². The maximum absolute atomic E-state index is 5.76. The molecule has 0 amide bonds. The van der Waals surface area contributed by atoms with Crippen LogP contribution in [0.25, 0.3) is 0 Å². The Morgan fingerprint density at radius 3 is 2.69 bits per heavy atom. The van der Waals surface area contributed by atoms with E-state index in [4.69, 9.17) is 5.73 Å². The molecule has 1 fully saturated rings. The Morgan fingerprint density at radius 2 is 2.15 bits per heavy atom. The summed E-state index contributed by atoms with van der Waals surface area (Å²) in [6.45, 7) is 8.78. The lowest BCUT2D eigenvalue weighted by Crippen LogP contribution is -2.44. The summed E-state index contributed by atoms with van der Waals surface area (Å²) in [5.41, 5.74) is 5.76. The van der Waals surface area contributed by atoms with Crippen LogP contribution in [0.15, 0.2) is 0 Å². The van der Waals surface area contributed by atoms with Gasteiger partial charge < -0.3 is 10.6 Å². The van der Waals surface area contributed by atoms with Crippen molar-refractivity contribution in [1.29, 1.82) is 0 Å². The van der Waals surface area contributed by atoms with Crippen LogP contribution in [-0.2, 0) is 0 Å². The predicted molar refractivity (Wildman–Crippen MR) is 56.8 cm³/mol. The lowest BCUT2D eigenvalue weighted by atomic mass is 10.2. The highest BCUT2D eigenvalue weighted by atomic mass is 15.2. The lowest BCUT2D eigenvalue weighted by Gasteiger charge is -2.29. The highest BCUT2D eigenvalue weighted by Gasteiger charge is 2.24. The van der Waals surface area contributed by atoms with E-state index in [1.807, 2.05) is 0 Å². The Balaban J connectivity index is 2.58. The predicted octanol–water partition coefficient (Wildman–Crippen LogP) is 0.360. The number of rotatable bonds is 2. The van der Waals surface area contributed by atoms with Crippen LogP contribution >= 0.6 is 0 Å². The number of likely N-dealkylation sites (N-methyl/N-ethyl adjacent to an activating group) is 2. The molecule has 2 unspecified atom stereocenters. The fraction of sp³-hybridized carbons (Fsp3) is 1.00. The molecular weight excluding hydrogens is 162 g/mol. The molecule has 1 rings (SSSR count). The van der Waals surface area contributed by atoms with Crippen molar-refractivity contribution in [3.63, 3.8) is 0 Å². The van der Waals surface area contributed by atoms with E-state index in [0.717, 1.165) is 19.6 Å². The lowest BCUT2D eigenvalue weighted by molar-refractivity contribution is 0.191. The van der Waals surface area contributed by atoms with Gasteiger partial charge in [0.15, 0.2) is 0 Å². The summed E-state index contributed by atoms with van der Waals surface area (Å²) in [5.74, 6) is 0. The van der Waals surface area contributed by atoms with Gasteiger partial charge in [-0.25, -0.2) is 0 Å². The summed E-state index contributed by atoms with van der Waals surface area (Å²) in [5, 5.41) is 0. The zero-order valence-electron chi connectivity index (χ0n) is 9.16. The summed E-state index contributed by atoms with van der Waals surface area (Å²) in [6, 6.07) is 1.26. The van der Waals surface area contributed by atoms with Crippen LogP contribution in [0.2, 0.25) is 0 Å². The molecule has 0 aromatic carbocycles. The van der Waals surface area contributed by atoms with Crippen molar-refractivity contribution < 1.29 is 0 Å². The van der Waals surface area contributed by atoms with Gasteiger partial charge in [0.1, 0.15) is 0 Å². The first-order chi connectivity index (χ1) is 6.19. The van der Waals surface area contributed by atoms with Crippen LogP contribution in [0.1, 0.15) is 20.3 Å². The Kier molecular flexibility index (Phi) is 4.16. The van der Waals surface area contributed by atoms with Crippen LogP contribution in [-0.4, -0.2) is 55.1 Å². The Hall–Kier alpha value is -0.120. The molecule has 3 nitrogen and oxygen atoms in total. The summed E-state index contributed by atoms with van der Waals surface area (Å²) >= 11 is 0. The Bertz CT molecular complexity index is 133. The molecule has 1 aliphatic rings. The van der Waals surface area contributed by atoms with Gasteiger partial charge in [-0.3, -0.25) is 4.90 Å². The highest BCUT2D eigenvalue weighted by molar-refractivity contribution is 4.81. The van der Waals surface area contributed by atoms with E-state index in [0.29, 0.717) is 12.1 Å². The van der Waals surface area contributed by atoms with Crippen molar-refractivity contribution in [2.45, 2.75) is 32.4 Å². The second-order valence-corrected chi connectivity index (χ2v) is 4.10. The first kappa shape index (κ1) is 11.0. The van der Waals surface area contributed by atoms with Crippen molar-refractivity contribution in [3.8, 4) is 0 Å². The molecule has 0 saturated carbocycles. The third kappa shape index (κ3) is 2.66. The highest BCUT2D eigenvalue weighted by Crippen LogP contribution is 2.12. The molecule has 0 radical (unpaired) electrons. The van der Waals surface area contributed by atoms with Crippen molar-refractivity contribution in [2.75, 3.05) is 33.2 Å². The third-order valence-electron chi connectivity index (χ3n) is 3.27. The van der Waals surface area contributed by atoms with Gasteiger partial charge in [0.05, 0.1) is 0 Å². The molecule has 1 aliphatic heterocycles. The normalized spacial score (nSPS) is 33.2. The largest absolute Gasteiger partial charge is 0.329 e. The molecule has 1 heterocycles. The number of nitrogens with two attached hydrogens (primary N) is 1. The smallest absolute Gasteiger partial charge is 0.0342 e. The standard InChI is InChI=1S/C10H23N3/c1-4-13-8-10(7-11)12(3)6-5-9(13)2/h9-10H,4-8,11H2,1-3H3. The molecule has 2 N–H and O–H groups in total. The molecule has 0 spiro atoms. The topological polar surface area (TPSA) is 32.5 Å². The van der Waals surface area contributed by atoms with Crippen molar-refractivity contribution in [1.82, 2.24) is 9.80 Å². The van der Waals surface area contributed by atoms with Gasteiger partial charge in [-0.2, -0.15) is 0 Å². The van der Waals surface area contributed by atoms with E-state index in [-0.39, 0.29) is 0 Å². The van der Waals surface area contributed by atoms with E-state index >= 15 is 0 Å². The third-order valence-corrected chi connectivity index (χ3v) is 3.27. The van der Waals surface area contributed by atoms with Gasteiger partial charge in [0.25, 0.3) is 0 Å². The fourth-order valence-corrected chi connectivity index (χ4v) is 2.04. The second kappa shape index (κ2) is 4.94. The molecule has 2 atom stereocenters. The summed E-state index contributed by atoms with van der Waals surface area (Å²) in [7, 11) is 2.18. The first-order valence-electron chi connectivity index (χ1n) is 5.33. The maximum Gasteiger partial charge on any atom is 0.0342 e. The maximum atomic E-state index is 5.76. The summed E-state index contributed by atoms with van der Waals surface area (Å²) in [4.78, 5) is 4.92. The van der Waals surface area contributed by atoms with E-state index in [1.165, 1.54) is 13.0 Å². The number of nitrogens with zero attached hydrogens (tertiary/aromatic N) is 2. The molecular formula is C10H23N3. The van der Waals surface area contributed by atoms with Crippen LogP contribution in [0.4, 0.5) is 0 Å². The van der Waals surface area contributed by atoms with E-state index in [2.05, 4.69) is 30.7 Å². The monoisotopic (exact) mass is 185 g/mol. The van der Waals surface area contributed by atoms with E-state index in [1.54, 1.807) is 0 Å². The average molecular weight is 185 g/mol. The molecule has 3 heteroatoms.